The average Bonchev–Trinajstić information content (AvgIpc) is 3.44. The maximum Gasteiger partial charge on any atom is 0.416 e. The lowest BCUT2D eigenvalue weighted by molar-refractivity contribution is -0.154. The second kappa shape index (κ2) is 14.2. The van der Waals surface area contributed by atoms with Crippen molar-refractivity contribution in [3.8, 4) is 0 Å². The van der Waals surface area contributed by atoms with Crippen LogP contribution in [0.5, 0.6) is 0 Å². The van der Waals surface area contributed by atoms with Gasteiger partial charge in [0.05, 0.1) is 65.4 Å². The third-order valence-electron chi connectivity index (χ3n) is 13.3. The first kappa shape index (κ1) is 37.9. The number of methoxy groups -OCH3 is 1. The molecule has 3 amide bonds. The van der Waals surface area contributed by atoms with Crippen LogP contribution >= 0.6 is 11.3 Å². The second-order valence-corrected chi connectivity index (χ2v) is 18.6. The van der Waals surface area contributed by atoms with Gasteiger partial charge in [0.1, 0.15) is 6.04 Å². The van der Waals surface area contributed by atoms with Gasteiger partial charge in [-0.15, -0.1) is 11.3 Å². The number of hydrogen-bond acceptors (Lipinski definition) is 9. The van der Waals surface area contributed by atoms with Crippen LogP contribution < -0.4 is 10.2 Å². The highest BCUT2D eigenvalue weighted by Crippen LogP contribution is 2.55. The average molecular weight is 776 g/mol. The van der Waals surface area contributed by atoms with E-state index in [-0.39, 0.29) is 59.1 Å². The minimum atomic E-state index is -4.58. The predicted molar refractivity (Wildman–Crippen MR) is 196 cm³/mol. The Morgan fingerprint density at radius 3 is 2.50 bits per heavy atom. The van der Waals surface area contributed by atoms with Gasteiger partial charge in [-0.25, -0.2) is 4.98 Å². The number of anilines is 1. The molecule has 5 saturated heterocycles. The number of carbonyl (C=O) groups excluding carboxylic acids is 3. The molecular weight excluding hydrogens is 724 g/mol. The number of piperidine rings is 1. The number of hydrogen-bond donors (Lipinski definition) is 1. The fourth-order valence-corrected chi connectivity index (χ4v) is 10.7. The van der Waals surface area contributed by atoms with E-state index in [1.54, 1.807) is 16.9 Å². The second-order valence-electron chi connectivity index (χ2n) is 17.8. The summed E-state index contributed by atoms with van der Waals surface area (Å²) in [4.78, 5) is 52.1. The molecule has 6 heterocycles. The van der Waals surface area contributed by atoms with Crippen LogP contribution in [0.1, 0.15) is 64.4 Å². The summed E-state index contributed by atoms with van der Waals surface area (Å²) in [6.45, 7) is 7.90. The summed E-state index contributed by atoms with van der Waals surface area (Å²) in [7, 11) is 1.65. The molecule has 1 spiro atoms. The summed E-state index contributed by atoms with van der Waals surface area (Å²) in [6.07, 6.45) is 2.31. The molecule has 2 aliphatic carbocycles. The van der Waals surface area contributed by atoms with E-state index in [0.29, 0.717) is 69.0 Å². The van der Waals surface area contributed by atoms with Crippen LogP contribution in [0, 0.1) is 34.0 Å². The Hall–Kier alpha value is -3.01. The maximum atomic E-state index is 14.7. The number of amides is 3. The molecule has 11 nitrogen and oxygen atoms in total. The Labute approximate surface area is 318 Å². The third kappa shape index (κ3) is 7.22. The van der Waals surface area contributed by atoms with Crippen molar-refractivity contribution in [2.24, 2.45) is 34.0 Å². The van der Waals surface area contributed by atoms with Gasteiger partial charge >= 0.3 is 6.18 Å². The molecule has 4 atom stereocenters. The minimum Gasteiger partial charge on any atom is -0.384 e. The zero-order valence-corrected chi connectivity index (χ0v) is 32.2. The molecule has 3 unspecified atom stereocenters. The SMILES string of the molecule is COCC1CCCN(C(=O)[C@H](COCC23CCC(CC2)OC3)NC(=O)C2CN(c3cc(C(F)(F)F)cc4ncsc34)CC23CN(C(=O)C2CC2(C)C)C3)C1. The molecule has 1 aromatic carbocycles. The Morgan fingerprint density at radius 1 is 1.07 bits per heavy atom. The lowest BCUT2D eigenvalue weighted by atomic mass is 9.70. The van der Waals surface area contributed by atoms with Crippen LogP contribution in [0.15, 0.2) is 17.6 Å². The van der Waals surface area contributed by atoms with Crippen molar-refractivity contribution in [1.29, 1.82) is 0 Å². The van der Waals surface area contributed by atoms with Gasteiger partial charge in [0.25, 0.3) is 0 Å². The highest BCUT2D eigenvalue weighted by molar-refractivity contribution is 7.17. The smallest absolute Gasteiger partial charge is 0.384 e. The van der Waals surface area contributed by atoms with E-state index in [9.17, 15) is 27.6 Å². The van der Waals surface area contributed by atoms with Crippen molar-refractivity contribution in [2.45, 2.75) is 77.1 Å². The van der Waals surface area contributed by atoms with Crippen molar-refractivity contribution < 1.29 is 41.8 Å². The number of rotatable bonds is 11. The maximum absolute atomic E-state index is 14.7. The van der Waals surface area contributed by atoms with E-state index >= 15 is 0 Å². The lowest BCUT2D eigenvalue weighted by Crippen LogP contribution is -2.65. The van der Waals surface area contributed by atoms with Gasteiger partial charge in [-0.3, -0.25) is 14.4 Å². The molecule has 0 radical (unpaired) electrons. The molecule has 1 aromatic heterocycles. The van der Waals surface area contributed by atoms with Crippen molar-refractivity contribution in [3.63, 3.8) is 0 Å². The number of ether oxygens (including phenoxy) is 3. The van der Waals surface area contributed by atoms with E-state index in [2.05, 4.69) is 24.1 Å². The predicted octanol–water partition coefficient (Wildman–Crippen LogP) is 4.97. The van der Waals surface area contributed by atoms with Crippen LogP contribution in [0.2, 0.25) is 0 Å². The molecule has 2 saturated carbocycles. The first-order chi connectivity index (χ1) is 25.7. The Morgan fingerprint density at radius 2 is 1.83 bits per heavy atom. The summed E-state index contributed by atoms with van der Waals surface area (Å²) < 4.78 is 60.7. The number of halogens is 3. The van der Waals surface area contributed by atoms with Crippen molar-refractivity contribution in [2.75, 3.05) is 77.7 Å². The lowest BCUT2D eigenvalue weighted by Gasteiger charge is -2.50. The Balaban J connectivity index is 1.05. The molecule has 1 N–H and O–H groups in total. The van der Waals surface area contributed by atoms with Gasteiger partial charge in [-0.1, -0.05) is 13.8 Å². The highest BCUT2D eigenvalue weighted by Gasteiger charge is 2.61. The molecule has 2 bridgehead atoms. The molecular formula is C39H52F3N5O6S. The molecule has 2 aromatic rings. The van der Waals surface area contributed by atoms with Crippen molar-refractivity contribution >= 4 is 45.0 Å². The van der Waals surface area contributed by atoms with Crippen LogP contribution in [0.25, 0.3) is 10.2 Å². The fourth-order valence-electron chi connectivity index (χ4n) is 9.86. The molecule has 15 heteroatoms. The number of nitrogens with one attached hydrogen (secondary N) is 1. The summed E-state index contributed by atoms with van der Waals surface area (Å²) >= 11 is 1.26. The van der Waals surface area contributed by atoms with Gasteiger partial charge < -0.3 is 34.2 Å². The summed E-state index contributed by atoms with van der Waals surface area (Å²) in [6, 6.07) is 1.26. The van der Waals surface area contributed by atoms with Crippen molar-refractivity contribution in [1.82, 2.24) is 20.1 Å². The first-order valence-corrected chi connectivity index (χ1v) is 20.3. The Kier molecular flexibility index (Phi) is 9.95. The summed E-state index contributed by atoms with van der Waals surface area (Å²) in [5, 5.41) is 3.10. The minimum absolute atomic E-state index is 0.00111. The number of fused-ring (bicyclic) bond motifs is 4. The summed E-state index contributed by atoms with van der Waals surface area (Å²) in [5.74, 6) is -1.07. The number of benzene rings is 1. The van der Waals surface area contributed by atoms with E-state index in [1.807, 2.05) is 4.90 Å². The molecule has 5 aliphatic heterocycles. The zero-order valence-electron chi connectivity index (χ0n) is 31.4. The van der Waals surface area contributed by atoms with E-state index in [0.717, 1.165) is 57.1 Å². The number of alkyl halides is 3. The van der Waals surface area contributed by atoms with E-state index < -0.39 is 29.1 Å². The largest absolute Gasteiger partial charge is 0.416 e. The van der Waals surface area contributed by atoms with Gasteiger partial charge in [-0.2, -0.15) is 13.2 Å². The molecule has 7 fully saturated rings. The molecule has 296 valence electrons. The Bertz CT molecular complexity index is 1740. The zero-order chi connectivity index (χ0) is 38.0. The van der Waals surface area contributed by atoms with Gasteiger partial charge in [0.15, 0.2) is 0 Å². The van der Waals surface area contributed by atoms with E-state index in [4.69, 9.17) is 14.2 Å². The van der Waals surface area contributed by atoms with Crippen LogP contribution in [-0.4, -0.2) is 117 Å². The van der Waals surface area contributed by atoms with Crippen molar-refractivity contribution in [3.05, 3.63) is 23.2 Å². The summed E-state index contributed by atoms with van der Waals surface area (Å²) in [5.41, 5.74) is 0.492. The number of thiazole rings is 1. The number of aromatic nitrogens is 1. The standard InChI is InChI=1S/C39H52F3N5O6S/c1-36(2)13-27(36)34(49)47-19-38(20-47)18-46(31-12-25(39(40,41)42)11-29-32(31)54-23-43-29)15-28(38)33(48)44-30(35(50)45-10-4-5-24(14-45)16-51-3)17-52-21-37-8-6-26(7-9-37)53-22-37/h11-12,23-24,26-28,30H,4-10,13-22H2,1-3H3,(H,44,48)/t24?,26?,27?,28?,30-,37?/m0/s1. The highest BCUT2D eigenvalue weighted by atomic mass is 32.1. The molecule has 9 rings (SSSR count). The van der Waals surface area contributed by atoms with Crippen LogP contribution in [-0.2, 0) is 34.8 Å². The van der Waals surface area contributed by atoms with E-state index in [1.165, 1.54) is 16.8 Å². The topological polar surface area (TPSA) is 114 Å². The number of carbonyl (C=O) groups is 3. The van der Waals surface area contributed by atoms with Gasteiger partial charge in [0.2, 0.25) is 17.7 Å². The van der Waals surface area contributed by atoms with Gasteiger partial charge in [-0.05, 0) is 68.4 Å². The number of nitrogens with zero attached hydrogens (tertiary/aromatic N) is 4. The fraction of sp³-hybridized carbons (Fsp3) is 0.744. The molecule has 7 aliphatic rings. The van der Waals surface area contributed by atoms with Gasteiger partial charge in [0, 0.05) is 63.1 Å². The number of likely N-dealkylation sites (tertiary alicyclic amines) is 2. The quantitative estimate of drug-likeness (QED) is 0.341. The normalized spacial score (nSPS) is 30.4. The van der Waals surface area contributed by atoms with Crippen LogP contribution in [0.4, 0.5) is 18.9 Å². The van der Waals surface area contributed by atoms with Crippen LogP contribution in [0.3, 0.4) is 0 Å². The monoisotopic (exact) mass is 775 g/mol. The third-order valence-corrected chi connectivity index (χ3v) is 14.2. The molecule has 54 heavy (non-hydrogen) atoms. The first-order valence-electron chi connectivity index (χ1n) is 19.4.